The fourth-order valence-electron chi connectivity index (χ4n) is 4.12. The lowest BCUT2D eigenvalue weighted by molar-refractivity contribution is -0.114. The topological polar surface area (TPSA) is 173 Å². The van der Waals surface area contributed by atoms with Gasteiger partial charge in [0.1, 0.15) is 16.4 Å². The van der Waals surface area contributed by atoms with Gasteiger partial charge in [-0.25, -0.2) is 0 Å². The zero-order valence-corrected chi connectivity index (χ0v) is 21.2. The molecule has 0 spiro atoms. The molecule has 1 aromatic heterocycles. The number of nitrogens with zero attached hydrogens (tertiary/aromatic N) is 2. The number of carbonyl (C=O) groups excluding carboxylic acids is 2. The van der Waals surface area contributed by atoms with Gasteiger partial charge in [0.15, 0.2) is 0 Å². The van der Waals surface area contributed by atoms with Crippen molar-refractivity contribution in [2.24, 2.45) is 10.7 Å². The van der Waals surface area contributed by atoms with Gasteiger partial charge in [-0.2, -0.15) is 0 Å². The number of nitrogens with two attached hydrogens (primary N) is 1. The summed E-state index contributed by atoms with van der Waals surface area (Å²) in [5.74, 6) is -0.350. The van der Waals surface area contributed by atoms with Gasteiger partial charge in [-0.05, 0) is 53.8 Å². The van der Waals surface area contributed by atoms with Crippen LogP contribution in [0.25, 0.3) is 0 Å². The number of aliphatic imine (C=N–C) groups is 1. The zero-order valence-electron chi connectivity index (χ0n) is 20.4. The van der Waals surface area contributed by atoms with E-state index in [1.54, 1.807) is 23.1 Å². The van der Waals surface area contributed by atoms with E-state index in [0.29, 0.717) is 35.0 Å². The summed E-state index contributed by atoms with van der Waals surface area (Å²) < 4.78 is 2.61. The number of amidine groups is 1. The quantitative estimate of drug-likeness (QED) is 0.192. The van der Waals surface area contributed by atoms with Crippen LogP contribution in [0.15, 0.2) is 46.2 Å². The van der Waals surface area contributed by atoms with Crippen LogP contribution in [0.1, 0.15) is 39.5 Å². The van der Waals surface area contributed by atoms with Crippen molar-refractivity contribution >= 4 is 45.6 Å². The highest BCUT2D eigenvalue weighted by atomic mass is 32.1. The van der Waals surface area contributed by atoms with Crippen LogP contribution in [-0.2, 0) is 17.9 Å². The number of hydrogen-bond acceptors (Lipinski definition) is 8. The Balaban J connectivity index is 1.51. The molecule has 1 unspecified atom stereocenters. The molecule has 2 aromatic carbocycles. The number of aromatic amines is 1. The maximum absolute atomic E-state index is 13.3. The van der Waals surface area contributed by atoms with Gasteiger partial charge < -0.3 is 31.5 Å². The van der Waals surface area contributed by atoms with E-state index < -0.39 is 18.3 Å². The number of H-pyrrole nitrogens is 1. The Morgan fingerprint density at radius 1 is 1.27 bits per heavy atom. The lowest BCUT2D eigenvalue weighted by Gasteiger charge is -2.18. The van der Waals surface area contributed by atoms with E-state index >= 15 is 0 Å². The summed E-state index contributed by atoms with van der Waals surface area (Å²) in [4.78, 5) is 42.9. The molecule has 0 saturated heterocycles. The van der Waals surface area contributed by atoms with Crippen molar-refractivity contribution in [3.8, 4) is 0 Å². The molecule has 194 valence electrons. The van der Waals surface area contributed by atoms with Crippen LogP contribution in [0.4, 0.5) is 16.4 Å². The van der Waals surface area contributed by atoms with Crippen molar-refractivity contribution in [1.29, 1.82) is 0 Å². The number of rotatable bonds is 8. The van der Waals surface area contributed by atoms with Crippen LogP contribution in [-0.4, -0.2) is 56.4 Å². The molecule has 12 heteroatoms. The van der Waals surface area contributed by atoms with Crippen LogP contribution in [0.5, 0.6) is 0 Å². The number of hydrogen-bond donors (Lipinski definition) is 6. The number of anilines is 3. The van der Waals surface area contributed by atoms with Gasteiger partial charge in [0, 0.05) is 42.5 Å². The second-order valence-electron chi connectivity index (χ2n) is 8.74. The lowest BCUT2D eigenvalue weighted by Crippen LogP contribution is -2.26. The molecule has 1 aliphatic rings. The number of aliphatic hydroxyl groups is 2. The number of aromatic nitrogens is 1. The van der Waals surface area contributed by atoms with E-state index in [0.717, 1.165) is 28.2 Å². The Kier molecular flexibility index (Phi) is 7.71. The third-order valence-electron chi connectivity index (χ3n) is 5.93. The summed E-state index contributed by atoms with van der Waals surface area (Å²) in [7, 11) is 0. The fraction of sp³-hybridized carbons (Fsp3) is 0.280. The SMILES string of the molecule is CC(=O)Nc1cccc2c1CN(C(=O)c1ccc(Nc3s[nH]c(=O)c3C(N)=NCC(O)CO)cc1C)C2. The number of amides is 2. The van der Waals surface area contributed by atoms with Crippen LogP contribution in [0, 0.1) is 6.92 Å². The molecule has 7 N–H and O–H groups in total. The molecular formula is C25H28N6O5S. The summed E-state index contributed by atoms with van der Waals surface area (Å²) >= 11 is 1.05. The molecule has 0 fully saturated rings. The largest absolute Gasteiger partial charge is 0.394 e. The van der Waals surface area contributed by atoms with Gasteiger partial charge in [0.25, 0.3) is 11.5 Å². The minimum atomic E-state index is -1.07. The minimum absolute atomic E-state index is 0.0618. The molecule has 0 saturated carbocycles. The predicted octanol–water partition coefficient (Wildman–Crippen LogP) is 1.66. The third kappa shape index (κ3) is 5.71. The molecule has 0 bridgehead atoms. The Labute approximate surface area is 216 Å². The van der Waals surface area contributed by atoms with Crippen LogP contribution >= 0.6 is 11.5 Å². The Bertz CT molecular complexity index is 1430. The molecule has 0 aliphatic carbocycles. The van der Waals surface area contributed by atoms with Gasteiger partial charge >= 0.3 is 0 Å². The van der Waals surface area contributed by atoms with Crippen molar-refractivity contribution in [3.05, 3.63) is 74.6 Å². The predicted molar refractivity (Wildman–Crippen MR) is 142 cm³/mol. The highest BCUT2D eigenvalue weighted by molar-refractivity contribution is 7.10. The van der Waals surface area contributed by atoms with Crippen LogP contribution in [0.3, 0.4) is 0 Å². The summed E-state index contributed by atoms with van der Waals surface area (Å²) in [5, 5.41) is 24.8. The Morgan fingerprint density at radius 3 is 2.76 bits per heavy atom. The lowest BCUT2D eigenvalue weighted by atomic mass is 10.1. The first kappa shape index (κ1) is 26.1. The van der Waals surface area contributed by atoms with Crippen LogP contribution < -0.4 is 21.9 Å². The van der Waals surface area contributed by atoms with E-state index in [4.69, 9.17) is 10.8 Å². The minimum Gasteiger partial charge on any atom is -0.394 e. The Morgan fingerprint density at radius 2 is 2.05 bits per heavy atom. The number of benzene rings is 2. The van der Waals surface area contributed by atoms with Crippen molar-refractivity contribution in [1.82, 2.24) is 9.27 Å². The molecule has 11 nitrogen and oxygen atoms in total. The number of aliphatic hydroxyl groups excluding tert-OH is 2. The highest BCUT2D eigenvalue weighted by Crippen LogP contribution is 2.31. The highest BCUT2D eigenvalue weighted by Gasteiger charge is 2.27. The van der Waals surface area contributed by atoms with Gasteiger partial charge in [-0.3, -0.25) is 23.7 Å². The maximum Gasteiger partial charge on any atom is 0.271 e. The van der Waals surface area contributed by atoms with E-state index in [9.17, 15) is 19.5 Å². The van der Waals surface area contributed by atoms with Gasteiger partial charge in [0.2, 0.25) is 5.91 Å². The average Bonchev–Trinajstić information content (AvgIpc) is 3.46. The number of fused-ring (bicyclic) bond motifs is 1. The van der Waals surface area contributed by atoms with E-state index in [1.807, 2.05) is 25.1 Å². The van der Waals surface area contributed by atoms with E-state index in [-0.39, 0.29) is 29.8 Å². The van der Waals surface area contributed by atoms with Gasteiger partial charge in [0.05, 0.1) is 19.3 Å². The van der Waals surface area contributed by atoms with Crippen molar-refractivity contribution in [2.45, 2.75) is 33.0 Å². The number of carbonyl (C=O) groups is 2. The molecule has 2 heterocycles. The normalized spacial score (nSPS) is 13.8. The molecule has 3 aromatic rings. The first-order chi connectivity index (χ1) is 17.7. The summed E-state index contributed by atoms with van der Waals surface area (Å²) in [6.07, 6.45) is -1.07. The molecule has 37 heavy (non-hydrogen) atoms. The van der Waals surface area contributed by atoms with E-state index in [1.165, 1.54) is 6.92 Å². The average molecular weight is 525 g/mol. The first-order valence-corrected chi connectivity index (χ1v) is 12.4. The van der Waals surface area contributed by atoms with Crippen molar-refractivity contribution in [3.63, 3.8) is 0 Å². The summed E-state index contributed by atoms with van der Waals surface area (Å²) in [6, 6.07) is 10.9. The van der Waals surface area contributed by atoms with Crippen LogP contribution in [0.2, 0.25) is 0 Å². The second-order valence-corrected chi connectivity index (χ2v) is 9.56. The summed E-state index contributed by atoms with van der Waals surface area (Å²) in [5.41, 5.74) is 10.2. The van der Waals surface area contributed by atoms with Crippen molar-refractivity contribution in [2.75, 3.05) is 23.8 Å². The smallest absolute Gasteiger partial charge is 0.271 e. The maximum atomic E-state index is 13.3. The molecular weight excluding hydrogens is 496 g/mol. The molecule has 1 atom stereocenters. The van der Waals surface area contributed by atoms with Crippen molar-refractivity contribution < 1.29 is 19.8 Å². The Hall–Kier alpha value is -4.00. The molecule has 4 rings (SSSR count). The standard InChI is InChI=1S/C25H28N6O5S/c1-13-8-16(29-24-21(23(35)30-37-24)22(26)27-9-17(34)12-32)6-7-18(13)25(36)31-10-15-4-3-5-20(19(15)11-31)28-14(2)33/h3-8,17,29,32,34H,9-12H2,1-2H3,(H2,26,27)(H,28,33)(H,30,35). The van der Waals surface area contributed by atoms with E-state index in [2.05, 4.69) is 20.0 Å². The molecule has 0 radical (unpaired) electrons. The fourth-order valence-corrected chi connectivity index (χ4v) is 4.88. The zero-order chi connectivity index (χ0) is 26.7. The monoisotopic (exact) mass is 524 g/mol. The molecule has 2 amide bonds. The molecule has 1 aliphatic heterocycles. The van der Waals surface area contributed by atoms with Gasteiger partial charge in [-0.15, -0.1) is 0 Å². The summed E-state index contributed by atoms with van der Waals surface area (Å²) in [6.45, 7) is 3.52. The first-order valence-electron chi connectivity index (χ1n) is 11.5. The van der Waals surface area contributed by atoms with Gasteiger partial charge in [-0.1, -0.05) is 12.1 Å². The number of nitrogens with one attached hydrogen (secondary N) is 3. The number of aryl methyl sites for hydroxylation is 1. The second kappa shape index (κ2) is 10.9. The third-order valence-corrected chi connectivity index (χ3v) is 6.73.